The summed E-state index contributed by atoms with van der Waals surface area (Å²) in [6.07, 6.45) is 3.16. The van der Waals surface area contributed by atoms with Gasteiger partial charge in [-0.3, -0.25) is 0 Å². The Kier molecular flexibility index (Phi) is 2.73. The summed E-state index contributed by atoms with van der Waals surface area (Å²) >= 11 is 1.79. The maximum absolute atomic E-state index is 6.13. The molecule has 0 aliphatic heterocycles. The summed E-state index contributed by atoms with van der Waals surface area (Å²) in [5.41, 5.74) is 10.0. The molecular formula is C14H16N2S. The minimum atomic E-state index is 0.114. The number of thiazole rings is 1. The average molecular weight is 244 g/mol. The number of fused-ring (bicyclic) bond motifs is 3. The van der Waals surface area contributed by atoms with E-state index in [0.29, 0.717) is 0 Å². The molecule has 1 aliphatic rings. The molecule has 1 aliphatic carbocycles. The van der Waals surface area contributed by atoms with E-state index in [-0.39, 0.29) is 6.04 Å². The average Bonchev–Trinajstić information content (AvgIpc) is 2.86. The van der Waals surface area contributed by atoms with Gasteiger partial charge in [-0.2, -0.15) is 0 Å². The molecule has 1 heterocycles. The van der Waals surface area contributed by atoms with E-state index in [4.69, 9.17) is 10.7 Å². The third-order valence-electron chi connectivity index (χ3n) is 3.25. The van der Waals surface area contributed by atoms with Crippen LogP contribution < -0.4 is 5.73 Å². The van der Waals surface area contributed by atoms with Crippen LogP contribution in [0.4, 0.5) is 0 Å². The summed E-state index contributed by atoms with van der Waals surface area (Å²) in [6.45, 7) is 2.16. The third kappa shape index (κ3) is 1.79. The van der Waals surface area contributed by atoms with Gasteiger partial charge in [-0.1, -0.05) is 37.6 Å². The molecule has 0 bridgehead atoms. The second-order valence-corrected chi connectivity index (χ2v) is 5.67. The Bertz CT molecular complexity index is 545. The van der Waals surface area contributed by atoms with Crippen LogP contribution in [0.25, 0.3) is 11.3 Å². The molecule has 2 N–H and O–H groups in total. The van der Waals surface area contributed by atoms with Crippen molar-refractivity contribution in [3.05, 3.63) is 39.7 Å². The molecule has 1 aromatic carbocycles. The number of nitrogens with zero attached hydrogens (tertiary/aromatic N) is 1. The second kappa shape index (κ2) is 4.24. The highest BCUT2D eigenvalue weighted by atomic mass is 32.1. The summed E-state index contributed by atoms with van der Waals surface area (Å²) in [5, 5.41) is 1.10. The zero-order valence-electron chi connectivity index (χ0n) is 9.94. The highest BCUT2D eigenvalue weighted by Crippen LogP contribution is 2.40. The van der Waals surface area contributed by atoms with E-state index in [1.807, 2.05) is 0 Å². The van der Waals surface area contributed by atoms with Gasteiger partial charge < -0.3 is 5.73 Å². The van der Waals surface area contributed by atoms with Crippen LogP contribution in [-0.4, -0.2) is 4.98 Å². The lowest BCUT2D eigenvalue weighted by atomic mass is 10.1. The number of rotatable bonds is 3. The Morgan fingerprint density at radius 3 is 3.06 bits per heavy atom. The van der Waals surface area contributed by atoms with Gasteiger partial charge in [0.15, 0.2) is 0 Å². The fraction of sp³-hybridized carbons (Fsp3) is 0.357. The van der Waals surface area contributed by atoms with Crippen molar-refractivity contribution in [2.75, 3.05) is 0 Å². The molecule has 0 radical (unpaired) electrons. The Labute approximate surface area is 106 Å². The minimum absolute atomic E-state index is 0.114. The molecule has 0 spiro atoms. The first-order valence-corrected chi connectivity index (χ1v) is 6.94. The van der Waals surface area contributed by atoms with E-state index in [1.54, 1.807) is 11.3 Å². The number of nitrogens with two attached hydrogens (primary N) is 1. The Balaban J connectivity index is 1.98. The molecule has 3 heteroatoms. The molecule has 1 unspecified atom stereocenters. The van der Waals surface area contributed by atoms with Crippen LogP contribution in [0.3, 0.4) is 0 Å². The number of hydrogen-bond donors (Lipinski definition) is 1. The molecule has 0 fully saturated rings. The molecule has 0 amide bonds. The van der Waals surface area contributed by atoms with Crippen molar-refractivity contribution in [1.82, 2.24) is 4.98 Å². The second-order valence-electron chi connectivity index (χ2n) is 4.55. The van der Waals surface area contributed by atoms with E-state index in [1.165, 1.54) is 21.7 Å². The fourth-order valence-corrected chi connectivity index (χ4v) is 3.51. The van der Waals surface area contributed by atoms with E-state index >= 15 is 0 Å². The van der Waals surface area contributed by atoms with Crippen LogP contribution in [-0.2, 0) is 6.42 Å². The predicted octanol–water partition coefficient (Wildman–Crippen LogP) is 3.51. The first kappa shape index (κ1) is 10.9. The van der Waals surface area contributed by atoms with Gasteiger partial charge in [0, 0.05) is 16.9 Å². The third-order valence-corrected chi connectivity index (χ3v) is 4.44. The number of hydrogen-bond acceptors (Lipinski definition) is 3. The van der Waals surface area contributed by atoms with Gasteiger partial charge in [0.2, 0.25) is 0 Å². The first-order valence-electron chi connectivity index (χ1n) is 6.13. The Morgan fingerprint density at radius 2 is 2.24 bits per heavy atom. The summed E-state index contributed by atoms with van der Waals surface area (Å²) in [7, 11) is 0. The maximum atomic E-state index is 6.13. The van der Waals surface area contributed by atoms with Crippen molar-refractivity contribution in [2.45, 2.75) is 32.2 Å². The zero-order chi connectivity index (χ0) is 11.8. The summed E-state index contributed by atoms with van der Waals surface area (Å²) in [4.78, 5) is 6.13. The van der Waals surface area contributed by atoms with Crippen LogP contribution in [0.1, 0.15) is 41.3 Å². The SMILES string of the molecule is CCCC(N)c1nc2c(s1)Cc1ccccc1-2. The van der Waals surface area contributed by atoms with E-state index in [0.717, 1.165) is 24.3 Å². The van der Waals surface area contributed by atoms with Crippen LogP contribution in [0.2, 0.25) is 0 Å². The van der Waals surface area contributed by atoms with Crippen LogP contribution >= 0.6 is 11.3 Å². The van der Waals surface area contributed by atoms with Crippen LogP contribution in [0, 0.1) is 0 Å². The van der Waals surface area contributed by atoms with Crippen molar-refractivity contribution in [3.8, 4) is 11.3 Å². The molecule has 3 rings (SSSR count). The molecule has 0 saturated heterocycles. The molecule has 2 nitrogen and oxygen atoms in total. The molecule has 17 heavy (non-hydrogen) atoms. The highest BCUT2D eigenvalue weighted by molar-refractivity contribution is 7.12. The van der Waals surface area contributed by atoms with Gasteiger partial charge in [-0.05, 0) is 12.0 Å². The van der Waals surface area contributed by atoms with E-state index in [9.17, 15) is 0 Å². The van der Waals surface area contributed by atoms with Gasteiger partial charge in [-0.25, -0.2) is 4.98 Å². The van der Waals surface area contributed by atoms with Crippen molar-refractivity contribution < 1.29 is 0 Å². The lowest BCUT2D eigenvalue weighted by Crippen LogP contribution is -2.09. The van der Waals surface area contributed by atoms with Gasteiger partial charge in [0.25, 0.3) is 0 Å². The summed E-state index contributed by atoms with van der Waals surface area (Å²) in [6, 6.07) is 8.64. The molecule has 1 atom stereocenters. The topological polar surface area (TPSA) is 38.9 Å². The Hall–Kier alpha value is -1.19. The smallest absolute Gasteiger partial charge is 0.110 e. The van der Waals surface area contributed by atoms with Crippen LogP contribution in [0.5, 0.6) is 0 Å². The van der Waals surface area contributed by atoms with Gasteiger partial charge in [0.1, 0.15) is 5.01 Å². The predicted molar refractivity (Wildman–Crippen MR) is 72.2 cm³/mol. The van der Waals surface area contributed by atoms with Crippen molar-refractivity contribution >= 4 is 11.3 Å². The quantitative estimate of drug-likeness (QED) is 0.765. The van der Waals surface area contributed by atoms with Gasteiger partial charge in [-0.15, -0.1) is 11.3 Å². The number of aromatic nitrogens is 1. The van der Waals surface area contributed by atoms with Crippen molar-refractivity contribution in [2.24, 2.45) is 5.73 Å². The van der Waals surface area contributed by atoms with E-state index in [2.05, 4.69) is 31.2 Å². The van der Waals surface area contributed by atoms with Crippen molar-refractivity contribution in [3.63, 3.8) is 0 Å². The largest absolute Gasteiger partial charge is 0.322 e. The Morgan fingerprint density at radius 1 is 1.41 bits per heavy atom. The monoisotopic (exact) mass is 244 g/mol. The maximum Gasteiger partial charge on any atom is 0.110 e. The number of benzene rings is 1. The summed E-state index contributed by atoms with van der Waals surface area (Å²) in [5.74, 6) is 0. The van der Waals surface area contributed by atoms with Gasteiger partial charge >= 0.3 is 0 Å². The normalized spacial score (nSPS) is 14.5. The molecule has 88 valence electrons. The lowest BCUT2D eigenvalue weighted by Gasteiger charge is -2.06. The molecule has 2 aromatic rings. The van der Waals surface area contributed by atoms with E-state index < -0.39 is 0 Å². The van der Waals surface area contributed by atoms with Gasteiger partial charge in [0.05, 0.1) is 11.7 Å². The highest BCUT2D eigenvalue weighted by Gasteiger charge is 2.24. The lowest BCUT2D eigenvalue weighted by molar-refractivity contribution is 0.635. The van der Waals surface area contributed by atoms with Crippen molar-refractivity contribution in [1.29, 1.82) is 0 Å². The zero-order valence-corrected chi connectivity index (χ0v) is 10.8. The minimum Gasteiger partial charge on any atom is -0.322 e. The standard InChI is InChI=1S/C14H16N2S/c1-2-5-11(15)14-16-13-10-7-4-3-6-9(10)8-12(13)17-14/h3-4,6-7,11H,2,5,8,15H2,1H3. The summed E-state index contributed by atoms with van der Waals surface area (Å²) < 4.78 is 0. The fourth-order valence-electron chi connectivity index (χ4n) is 2.37. The molecule has 0 saturated carbocycles. The van der Waals surface area contributed by atoms with Crippen LogP contribution in [0.15, 0.2) is 24.3 Å². The molecule has 1 aromatic heterocycles. The first-order chi connectivity index (χ1) is 8.29. The molecular weight excluding hydrogens is 228 g/mol.